The van der Waals surface area contributed by atoms with Crippen molar-refractivity contribution in [3.05, 3.63) is 35.9 Å². The number of hydrogen-bond donors (Lipinski definition) is 1. The molecule has 1 atom stereocenters. The van der Waals surface area contributed by atoms with Crippen LogP contribution in [0.2, 0.25) is 0 Å². The summed E-state index contributed by atoms with van der Waals surface area (Å²) in [7, 11) is 0. The highest BCUT2D eigenvalue weighted by Crippen LogP contribution is 2.10. The molecule has 0 fully saturated rings. The monoisotopic (exact) mass is 236 g/mol. The van der Waals surface area contributed by atoms with Gasteiger partial charge < -0.3 is 4.79 Å². The summed E-state index contributed by atoms with van der Waals surface area (Å²) in [6.45, 7) is 0. The van der Waals surface area contributed by atoms with Crippen molar-refractivity contribution in [2.24, 2.45) is 5.92 Å². The van der Waals surface area contributed by atoms with Crippen LogP contribution in [0.15, 0.2) is 30.3 Å². The third-order valence-corrected chi connectivity index (χ3v) is 2.87. The van der Waals surface area contributed by atoms with E-state index in [4.69, 9.17) is 0 Å². The Morgan fingerprint density at radius 2 is 2.00 bits per heavy atom. The number of aldehydes is 1. The highest BCUT2D eigenvalue weighted by Gasteiger charge is 2.15. The van der Waals surface area contributed by atoms with Crippen molar-refractivity contribution < 1.29 is 9.59 Å². The number of carbonyl (C=O) groups excluding carboxylic acids is 2. The van der Waals surface area contributed by atoms with Crippen LogP contribution in [0.4, 0.5) is 0 Å². The molecular formula is C13H16O2S. The first-order valence-electron chi connectivity index (χ1n) is 5.40. The van der Waals surface area contributed by atoms with E-state index >= 15 is 0 Å². The molecule has 1 rings (SSSR count). The van der Waals surface area contributed by atoms with E-state index in [0.29, 0.717) is 6.42 Å². The van der Waals surface area contributed by atoms with Crippen LogP contribution >= 0.6 is 12.6 Å². The molecule has 0 aliphatic rings. The topological polar surface area (TPSA) is 34.1 Å². The lowest BCUT2D eigenvalue weighted by atomic mass is 9.98. The Kier molecular flexibility index (Phi) is 5.86. The van der Waals surface area contributed by atoms with Crippen molar-refractivity contribution in [1.82, 2.24) is 0 Å². The van der Waals surface area contributed by atoms with Crippen LogP contribution < -0.4 is 0 Å². The molecule has 1 aromatic carbocycles. The molecule has 0 N–H and O–H groups in total. The van der Waals surface area contributed by atoms with Gasteiger partial charge in [0.25, 0.3) is 0 Å². The second-order valence-corrected chi connectivity index (χ2v) is 4.06. The fourth-order valence-electron chi connectivity index (χ4n) is 1.59. The lowest BCUT2D eigenvalue weighted by molar-refractivity contribution is -0.125. The highest BCUT2D eigenvalue weighted by atomic mass is 32.1. The Balaban J connectivity index is 2.34. The Morgan fingerprint density at radius 1 is 1.31 bits per heavy atom. The van der Waals surface area contributed by atoms with Crippen LogP contribution in [-0.4, -0.2) is 17.8 Å². The molecule has 0 aliphatic heterocycles. The summed E-state index contributed by atoms with van der Waals surface area (Å²) >= 11 is 3.89. The molecule has 16 heavy (non-hydrogen) atoms. The van der Waals surface area contributed by atoms with Crippen LogP contribution in [0.3, 0.4) is 0 Å². The van der Waals surface area contributed by atoms with Gasteiger partial charge in [0, 0.05) is 5.75 Å². The first-order chi connectivity index (χ1) is 7.77. The molecule has 0 saturated heterocycles. The minimum Gasteiger partial charge on any atom is -0.303 e. The van der Waals surface area contributed by atoms with E-state index in [1.807, 2.05) is 18.2 Å². The normalized spacial score (nSPS) is 12.1. The molecule has 0 saturated carbocycles. The number of carbonyl (C=O) groups is 2. The number of aryl methyl sites for hydroxylation is 1. The maximum atomic E-state index is 11.3. The average molecular weight is 236 g/mol. The van der Waals surface area contributed by atoms with Crippen LogP contribution in [0.1, 0.15) is 18.4 Å². The molecule has 1 unspecified atom stereocenters. The van der Waals surface area contributed by atoms with Gasteiger partial charge in [-0.3, -0.25) is 4.79 Å². The van der Waals surface area contributed by atoms with Gasteiger partial charge in [-0.15, -0.1) is 0 Å². The third kappa shape index (κ3) is 4.19. The maximum absolute atomic E-state index is 11.3. The van der Waals surface area contributed by atoms with Crippen molar-refractivity contribution in [3.8, 4) is 0 Å². The smallest absolute Gasteiger partial charge is 0.152 e. The van der Waals surface area contributed by atoms with Gasteiger partial charge in [-0.25, -0.2) is 0 Å². The fourth-order valence-corrected chi connectivity index (χ4v) is 1.83. The van der Waals surface area contributed by atoms with Gasteiger partial charge in [0.2, 0.25) is 0 Å². The largest absolute Gasteiger partial charge is 0.303 e. The maximum Gasteiger partial charge on any atom is 0.152 e. The summed E-state index contributed by atoms with van der Waals surface area (Å²) in [6.07, 6.45) is 3.12. The van der Waals surface area contributed by atoms with E-state index in [1.54, 1.807) is 0 Å². The Morgan fingerprint density at radius 3 is 2.56 bits per heavy atom. The Bertz CT molecular complexity index is 335. The summed E-state index contributed by atoms with van der Waals surface area (Å²) in [5.74, 6) is -0.401. The van der Waals surface area contributed by atoms with Gasteiger partial charge >= 0.3 is 0 Å². The van der Waals surface area contributed by atoms with Crippen molar-refractivity contribution >= 4 is 24.7 Å². The molecule has 0 amide bonds. The van der Waals surface area contributed by atoms with Crippen molar-refractivity contribution in [3.63, 3.8) is 0 Å². The zero-order valence-corrected chi connectivity index (χ0v) is 10.0. The summed E-state index contributed by atoms with van der Waals surface area (Å²) < 4.78 is 0. The second kappa shape index (κ2) is 7.23. The third-order valence-electron chi connectivity index (χ3n) is 2.56. The predicted octanol–water partition coefficient (Wildman–Crippen LogP) is 2.32. The molecule has 3 heteroatoms. The van der Waals surface area contributed by atoms with Gasteiger partial charge in [-0.05, 0) is 24.8 Å². The lowest BCUT2D eigenvalue weighted by Crippen LogP contribution is -2.17. The fraction of sp³-hybridized carbons (Fsp3) is 0.385. The first kappa shape index (κ1) is 13.0. The lowest BCUT2D eigenvalue weighted by Gasteiger charge is -2.07. The first-order valence-corrected chi connectivity index (χ1v) is 6.04. The van der Waals surface area contributed by atoms with Crippen molar-refractivity contribution in [2.75, 3.05) is 5.75 Å². The number of hydrogen-bond acceptors (Lipinski definition) is 3. The van der Waals surface area contributed by atoms with Gasteiger partial charge in [-0.2, -0.15) is 12.6 Å². The molecule has 0 aliphatic carbocycles. The number of ketones is 1. The van der Waals surface area contributed by atoms with Crippen LogP contribution in [0.5, 0.6) is 0 Å². The molecular weight excluding hydrogens is 220 g/mol. The van der Waals surface area contributed by atoms with Crippen LogP contribution in [-0.2, 0) is 16.0 Å². The molecule has 1 aromatic rings. The molecule has 0 heterocycles. The van der Waals surface area contributed by atoms with E-state index in [0.717, 1.165) is 19.1 Å². The molecule has 0 spiro atoms. The average Bonchev–Trinajstić information content (AvgIpc) is 2.35. The zero-order valence-electron chi connectivity index (χ0n) is 9.13. The van der Waals surface area contributed by atoms with E-state index in [-0.39, 0.29) is 11.5 Å². The molecule has 2 nitrogen and oxygen atoms in total. The van der Waals surface area contributed by atoms with Crippen LogP contribution in [0, 0.1) is 5.92 Å². The van der Waals surface area contributed by atoms with Gasteiger partial charge in [0.15, 0.2) is 5.78 Å². The summed E-state index contributed by atoms with van der Waals surface area (Å²) in [6, 6.07) is 10.1. The number of Topliss-reactive ketones (excluding diaryl/α,β-unsaturated/α-hetero) is 1. The SMILES string of the molecule is O=CC(CCCc1ccccc1)C(=O)CS. The zero-order chi connectivity index (χ0) is 11.8. The van der Waals surface area contributed by atoms with Crippen LogP contribution in [0.25, 0.3) is 0 Å². The number of rotatable bonds is 7. The predicted molar refractivity (Wildman–Crippen MR) is 67.8 cm³/mol. The summed E-state index contributed by atoms with van der Waals surface area (Å²) in [5, 5.41) is 0. The Labute approximate surface area is 101 Å². The molecule has 86 valence electrons. The van der Waals surface area contributed by atoms with E-state index in [1.165, 1.54) is 5.56 Å². The van der Waals surface area contributed by atoms with Gasteiger partial charge in [-0.1, -0.05) is 30.3 Å². The standard InChI is InChI=1S/C13H16O2S/c14-9-12(13(15)10-16)8-4-7-11-5-2-1-3-6-11/h1-3,5-6,9,12,16H,4,7-8,10H2. The van der Waals surface area contributed by atoms with Gasteiger partial charge in [0.1, 0.15) is 6.29 Å². The number of benzene rings is 1. The molecule has 0 radical (unpaired) electrons. The van der Waals surface area contributed by atoms with Crippen molar-refractivity contribution in [1.29, 1.82) is 0 Å². The second-order valence-electron chi connectivity index (χ2n) is 3.74. The summed E-state index contributed by atoms with van der Waals surface area (Å²) in [5.41, 5.74) is 1.24. The Hall–Kier alpha value is -1.09. The minimum atomic E-state index is -0.471. The van der Waals surface area contributed by atoms with Crippen molar-refractivity contribution in [2.45, 2.75) is 19.3 Å². The molecule has 0 bridgehead atoms. The number of thiol groups is 1. The molecule has 0 aromatic heterocycles. The van der Waals surface area contributed by atoms with E-state index in [9.17, 15) is 9.59 Å². The van der Waals surface area contributed by atoms with E-state index < -0.39 is 5.92 Å². The summed E-state index contributed by atoms with van der Waals surface area (Å²) in [4.78, 5) is 22.0. The van der Waals surface area contributed by atoms with E-state index in [2.05, 4.69) is 24.8 Å². The minimum absolute atomic E-state index is 0.0774. The quantitative estimate of drug-likeness (QED) is 0.448. The highest BCUT2D eigenvalue weighted by molar-refractivity contribution is 7.81. The van der Waals surface area contributed by atoms with Gasteiger partial charge in [0.05, 0.1) is 5.92 Å².